The molecule has 0 aliphatic carbocycles. The van der Waals surface area contributed by atoms with E-state index in [1.165, 1.54) is 32.0 Å². The summed E-state index contributed by atoms with van der Waals surface area (Å²) in [6, 6.07) is 11.5. The highest BCUT2D eigenvalue weighted by atomic mass is 16.6. The van der Waals surface area contributed by atoms with Gasteiger partial charge in [-0.25, -0.2) is 0 Å². The molecule has 25 heavy (non-hydrogen) atoms. The number of fused-ring (bicyclic) bond motifs is 3. The Kier molecular flexibility index (Phi) is 4.13. The highest BCUT2D eigenvalue weighted by Crippen LogP contribution is 2.34. The molecule has 2 atom stereocenters. The monoisotopic (exact) mass is 338 g/mol. The average molecular weight is 338 g/mol. The molecule has 0 unspecified atom stereocenters. The van der Waals surface area contributed by atoms with E-state index < -0.39 is 0 Å². The molecule has 6 heteroatoms. The molecule has 4 heterocycles. The Labute approximate surface area is 147 Å². The van der Waals surface area contributed by atoms with Crippen molar-refractivity contribution in [1.82, 2.24) is 9.88 Å². The predicted octanol–water partition coefficient (Wildman–Crippen LogP) is 3.55. The van der Waals surface area contributed by atoms with E-state index in [0.29, 0.717) is 12.1 Å². The van der Waals surface area contributed by atoms with Crippen LogP contribution in [0, 0.1) is 16.0 Å². The molecule has 5 rings (SSSR count). The van der Waals surface area contributed by atoms with Gasteiger partial charge in [-0.15, -0.1) is 0 Å². The van der Waals surface area contributed by atoms with Crippen LogP contribution >= 0.6 is 0 Å². The first-order valence-corrected chi connectivity index (χ1v) is 8.83. The molecular formula is C19H22N4O2. The van der Waals surface area contributed by atoms with Crippen molar-refractivity contribution in [3.63, 3.8) is 0 Å². The maximum atomic E-state index is 10.9. The number of pyridine rings is 1. The lowest BCUT2D eigenvalue weighted by Crippen LogP contribution is -2.59. The van der Waals surface area contributed by atoms with E-state index in [1.54, 1.807) is 12.1 Å². The van der Waals surface area contributed by atoms with Crippen LogP contribution in [-0.2, 0) is 0 Å². The van der Waals surface area contributed by atoms with E-state index in [0.717, 1.165) is 22.9 Å². The van der Waals surface area contributed by atoms with Gasteiger partial charge in [0.25, 0.3) is 5.69 Å². The van der Waals surface area contributed by atoms with Crippen LogP contribution in [0.15, 0.2) is 42.6 Å². The number of nitrogens with one attached hydrogen (secondary N) is 1. The standard InChI is InChI=1S/C19H22N4O2/c1-13-19(14-7-9-22(13)10-8-14)21-16-5-6-18(20-12-16)15-3-2-4-17(11-15)23(24)25/h2-6,11-14,19,21H,7-10H2,1H3/t13-,19-/m1/s1. The fraction of sp³-hybridized carbons (Fsp3) is 0.421. The number of nitrogens with zero attached hydrogens (tertiary/aromatic N) is 3. The van der Waals surface area contributed by atoms with Crippen LogP contribution in [0.4, 0.5) is 11.4 Å². The van der Waals surface area contributed by atoms with Gasteiger partial charge >= 0.3 is 0 Å². The fourth-order valence-electron chi connectivity index (χ4n) is 4.17. The van der Waals surface area contributed by atoms with Crippen molar-refractivity contribution in [2.24, 2.45) is 5.92 Å². The third kappa shape index (κ3) is 3.09. The molecule has 3 saturated heterocycles. The third-order valence-corrected chi connectivity index (χ3v) is 5.63. The van der Waals surface area contributed by atoms with E-state index in [9.17, 15) is 10.1 Å². The highest BCUT2D eigenvalue weighted by Gasteiger charge is 2.39. The minimum absolute atomic E-state index is 0.0857. The Bertz CT molecular complexity index is 767. The second-order valence-corrected chi connectivity index (χ2v) is 7.02. The summed E-state index contributed by atoms with van der Waals surface area (Å²) in [5.74, 6) is 0.733. The lowest BCUT2D eigenvalue weighted by Gasteiger charge is -2.50. The summed E-state index contributed by atoms with van der Waals surface area (Å²) >= 11 is 0. The van der Waals surface area contributed by atoms with E-state index in [2.05, 4.69) is 22.1 Å². The Balaban J connectivity index is 1.51. The maximum Gasteiger partial charge on any atom is 0.270 e. The molecule has 2 aromatic rings. The summed E-state index contributed by atoms with van der Waals surface area (Å²) < 4.78 is 0. The van der Waals surface area contributed by atoms with Crippen LogP contribution in [0.5, 0.6) is 0 Å². The van der Waals surface area contributed by atoms with Crippen molar-refractivity contribution in [3.8, 4) is 11.3 Å². The quantitative estimate of drug-likeness (QED) is 0.682. The minimum atomic E-state index is -0.381. The summed E-state index contributed by atoms with van der Waals surface area (Å²) in [7, 11) is 0. The molecule has 3 aliphatic rings. The summed E-state index contributed by atoms with van der Waals surface area (Å²) in [5.41, 5.74) is 2.61. The summed E-state index contributed by atoms with van der Waals surface area (Å²) in [6.07, 6.45) is 4.36. The van der Waals surface area contributed by atoms with Gasteiger partial charge < -0.3 is 5.32 Å². The van der Waals surface area contributed by atoms with E-state index in [1.807, 2.05) is 24.4 Å². The molecule has 1 aromatic heterocycles. The molecule has 0 amide bonds. The van der Waals surface area contributed by atoms with Crippen molar-refractivity contribution in [3.05, 3.63) is 52.7 Å². The molecule has 0 spiro atoms. The molecule has 6 nitrogen and oxygen atoms in total. The molecule has 2 bridgehead atoms. The fourth-order valence-corrected chi connectivity index (χ4v) is 4.17. The number of nitro groups is 1. The van der Waals surface area contributed by atoms with Gasteiger partial charge in [0, 0.05) is 29.8 Å². The van der Waals surface area contributed by atoms with Crippen molar-refractivity contribution in [1.29, 1.82) is 0 Å². The smallest absolute Gasteiger partial charge is 0.270 e. The lowest BCUT2D eigenvalue weighted by atomic mass is 9.79. The Hall–Kier alpha value is -2.47. The zero-order valence-electron chi connectivity index (χ0n) is 14.3. The number of aromatic nitrogens is 1. The van der Waals surface area contributed by atoms with Gasteiger partial charge in [-0.05, 0) is 50.9 Å². The van der Waals surface area contributed by atoms with Crippen LogP contribution in [-0.4, -0.2) is 40.0 Å². The third-order valence-electron chi connectivity index (χ3n) is 5.63. The molecule has 3 aliphatic heterocycles. The van der Waals surface area contributed by atoms with Crippen LogP contribution in [0.25, 0.3) is 11.3 Å². The molecule has 1 aromatic carbocycles. The number of hydrogen-bond donors (Lipinski definition) is 1. The van der Waals surface area contributed by atoms with Gasteiger partial charge in [-0.2, -0.15) is 0 Å². The second-order valence-electron chi connectivity index (χ2n) is 7.02. The van der Waals surface area contributed by atoms with Crippen molar-refractivity contribution < 1.29 is 4.92 Å². The molecule has 3 fully saturated rings. The zero-order chi connectivity index (χ0) is 17.4. The highest BCUT2D eigenvalue weighted by molar-refractivity contribution is 5.64. The van der Waals surface area contributed by atoms with E-state index in [-0.39, 0.29) is 10.6 Å². The number of piperidine rings is 3. The van der Waals surface area contributed by atoms with E-state index in [4.69, 9.17) is 0 Å². The van der Waals surface area contributed by atoms with Gasteiger partial charge in [0.05, 0.1) is 22.5 Å². The zero-order valence-corrected chi connectivity index (χ0v) is 14.3. The van der Waals surface area contributed by atoms with Gasteiger partial charge in [0.1, 0.15) is 0 Å². The maximum absolute atomic E-state index is 10.9. The van der Waals surface area contributed by atoms with Crippen LogP contribution in [0.1, 0.15) is 19.8 Å². The largest absolute Gasteiger partial charge is 0.379 e. The summed E-state index contributed by atoms with van der Waals surface area (Å²) in [5, 5.41) is 14.6. The van der Waals surface area contributed by atoms with Gasteiger partial charge in [-0.3, -0.25) is 20.0 Å². The average Bonchev–Trinajstić information content (AvgIpc) is 2.66. The summed E-state index contributed by atoms with van der Waals surface area (Å²) in [6.45, 7) is 4.73. The first-order chi connectivity index (χ1) is 12.1. The first-order valence-electron chi connectivity index (χ1n) is 8.83. The number of benzene rings is 1. The van der Waals surface area contributed by atoms with Crippen molar-refractivity contribution in [2.75, 3.05) is 18.4 Å². The Morgan fingerprint density at radius 3 is 2.68 bits per heavy atom. The van der Waals surface area contributed by atoms with Crippen molar-refractivity contribution in [2.45, 2.75) is 31.8 Å². The number of rotatable bonds is 4. The van der Waals surface area contributed by atoms with E-state index >= 15 is 0 Å². The van der Waals surface area contributed by atoms with Crippen LogP contribution < -0.4 is 5.32 Å². The lowest BCUT2D eigenvalue weighted by molar-refractivity contribution is -0.384. The van der Waals surface area contributed by atoms with Crippen LogP contribution in [0.3, 0.4) is 0 Å². The summed E-state index contributed by atoms with van der Waals surface area (Å²) in [4.78, 5) is 17.6. The molecule has 130 valence electrons. The number of non-ortho nitro benzene ring substituents is 1. The number of nitro benzene ring substituents is 1. The van der Waals surface area contributed by atoms with Gasteiger partial charge in [0.15, 0.2) is 0 Å². The SMILES string of the molecule is C[C@@H]1[C@@H](Nc2ccc(-c3cccc([N+](=O)[O-])c3)nc2)C2CCN1CC2. The van der Waals surface area contributed by atoms with Gasteiger partial charge in [-0.1, -0.05) is 12.1 Å². The number of hydrogen-bond acceptors (Lipinski definition) is 5. The Morgan fingerprint density at radius 2 is 2.04 bits per heavy atom. The van der Waals surface area contributed by atoms with Crippen LogP contribution in [0.2, 0.25) is 0 Å². The topological polar surface area (TPSA) is 71.3 Å². The molecule has 1 N–H and O–H groups in total. The number of anilines is 1. The minimum Gasteiger partial charge on any atom is -0.379 e. The normalized spacial score (nSPS) is 27.9. The first kappa shape index (κ1) is 16.0. The molecular weight excluding hydrogens is 316 g/mol. The Morgan fingerprint density at radius 1 is 1.24 bits per heavy atom. The second kappa shape index (κ2) is 6.44. The predicted molar refractivity (Wildman–Crippen MR) is 97.5 cm³/mol. The molecule has 0 saturated carbocycles. The van der Waals surface area contributed by atoms with Gasteiger partial charge in [0.2, 0.25) is 0 Å². The van der Waals surface area contributed by atoms with Crippen molar-refractivity contribution >= 4 is 11.4 Å². The molecule has 0 radical (unpaired) electrons.